The van der Waals surface area contributed by atoms with E-state index in [0.29, 0.717) is 0 Å². The molecule has 6 heteroatoms. The lowest BCUT2D eigenvalue weighted by Gasteiger charge is -2.18. The number of ether oxygens (including phenoxy) is 1. The van der Waals surface area contributed by atoms with E-state index in [1.807, 2.05) is 72.8 Å². The van der Waals surface area contributed by atoms with E-state index < -0.39 is 18.1 Å². The number of aromatic nitrogens is 1. The zero-order valence-corrected chi connectivity index (χ0v) is 18.9. The van der Waals surface area contributed by atoms with E-state index in [2.05, 4.69) is 22.4 Å². The number of benzene rings is 3. The van der Waals surface area contributed by atoms with E-state index >= 15 is 0 Å². The molecule has 5 rings (SSSR count). The average molecular weight is 465 g/mol. The fourth-order valence-electron chi connectivity index (χ4n) is 4.64. The molecule has 1 amide bonds. The third kappa shape index (κ3) is 4.77. The van der Waals surface area contributed by atoms with Gasteiger partial charge in [-0.3, -0.25) is 4.98 Å². The molecule has 0 unspecified atom stereocenters. The molecule has 1 atom stereocenters. The van der Waals surface area contributed by atoms with Gasteiger partial charge in [0.15, 0.2) is 0 Å². The summed E-state index contributed by atoms with van der Waals surface area (Å²) in [5.74, 6) is -1.21. The lowest BCUT2D eigenvalue weighted by atomic mass is 9.98. The Bertz CT molecular complexity index is 1320. The number of nitrogens with one attached hydrogen (secondary N) is 1. The first-order chi connectivity index (χ1) is 17.1. The molecule has 1 heterocycles. The third-order valence-electron chi connectivity index (χ3n) is 6.31. The van der Waals surface area contributed by atoms with Crippen molar-refractivity contribution in [3.8, 4) is 22.3 Å². The fraction of sp³-hybridized carbons (Fsp3) is 0.138. The topological polar surface area (TPSA) is 88.5 Å². The van der Waals surface area contributed by atoms with Gasteiger partial charge >= 0.3 is 12.1 Å². The third-order valence-corrected chi connectivity index (χ3v) is 6.31. The van der Waals surface area contributed by atoms with E-state index in [-0.39, 0.29) is 18.9 Å². The van der Waals surface area contributed by atoms with Crippen molar-refractivity contribution in [1.29, 1.82) is 0 Å². The van der Waals surface area contributed by atoms with Gasteiger partial charge in [0.25, 0.3) is 0 Å². The largest absolute Gasteiger partial charge is 0.480 e. The molecule has 0 saturated carbocycles. The van der Waals surface area contributed by atoms with Crippen LogP contribution in [0.3, 0.4) is 0 Å². The second-order valence-corrected chi connectivity index (χ2v) is 8.50. The van der Waals surface area contributed by atoms with Gasteiger partial charge in [-0.1, -0.05) is 72.8 Å². The smallest absolute Gasteiger partial charge is 0.407 e. The van der Waals surface area contributed by atoms with Crippen molar-refractivity contribution >= 4 is 12.1 Å². The van der Waals surface area contributed by atoms with Crippen LogP contribution in [0.5, 0.6) is 0 Å². The molecule has 3 aromatic carbocycles. The average Bonchev–Trinajstić information content (AvgIpc) is 3.21. The summed E-state index contributed by atoms with van der Waals surface area (Å²) >= 11 is 0. The number of amides is 1. The van der Waals surface area contributed by atoms with Gasteiger partial charge in [0.05, 0.1) is 0 Å². The number of fused-ring (bicyclic) bond motifs is 3. The molecule has 0 fully saturated rings. The maximum atomic E-state index is 12.6. The van der Waals surface area contributed by atoms with E-state index in [1.54, 1.807) is 12.4 Å². The zero-order chi connectivity index (χ0) is 24.2. The van der Waals surface area contributed by atoms with Gasteiger partial charge in [0.1, 0.15) is 12.6 Å². The van der Waals surface area contributed by atoms with E-state index in [0.717, 1.165) is 38.9 Å². The summed E-state index contributed by atoms with van der Waals surface area (Å²) in [6.45, 7) is 0.129. The normalized spacial score (nSPS) is 12.9. The summed E-state index contributed by atoms with van der Waals surface area (Å²) in [5, 5.41) is 12.3. The van der Waals surface area contributed by atoms with Crippen LogP contribution in [0.2, 0.25) is 0 Å². The number of aliphatic carboxylic acids is 1. The molecule has 0 bridgehead atoms. The number of nitrogens with zero attached hydrogens (tertiary/aromatic N) is 1. The first-order valence-corrected chi connectivity index (χ1v) is 11.4. The predicted molar refractivity (Wildman–Crippen MR) is 133 cm³/mol. The molecule has 174 valence electrons. The summed E-state index contributed by atoms with van der Waals surface area (Å²) in [4.78, 5) is 28.5. The Morgan fingerprint density at radius 2 is 1.51 bits per heavy atom. The van der Waals surface area contributed by atoms with Gasteiger partial charge in [-0.25, -0.2) is 9.59 Å². The molecule has 6 nitrogen and oxygen atoms in total. The van der Waals surface area contributed by atoms with Crippen molar-refractivity contribution in [2.75, 3.05) is 6.61 Å². The number of carbonyl (C=O) groups excluding carboxylic acids is 1. The van der Waals surface area contributed by atoms with Crippen LogP contribution in [0.4, 0.5) is 4.79 Å². The molecule has 4 aromatic rings. The SMILES string of the molecule is O=C(N[C@@H](Cc1cccc(-c2ccncc2)c1)C(=O)O)OCC1c2ccccc2-c2ccccc21. The lowest BCUT2D eigenvalue weighted by Crippen LogP contribution is -2.42. The highest BCUT2D eigenvalue weighted by Gasteiger charge is 2.29. The van der Waals surface area contributed by atoms with Crippen LogP contribution in [0, 0.1) is 0 Å². The minimum absolute atomic E-state index is 0.0894. The zero-order valence-electron chi connectivity index (χ0n) is 18.9. The van der Waals surface area contributed by atoms with Gasteiger partial charge in [0.2, 0.25) is 0 Å². The van der Waals surface area contributed by atoms with Crippen molar-refractivity contribution in [2.45, 2.75) is 18.4 Å². The Morgan fingerprint density at radius 1 is 0.857 bits per heavy atom. The number of carboxylic acids is 1. The van der Waals surface area contributed by atoms with Crippen molar-refractivity contribution in [3.63, 3.8) is 0 Å². The molecule has 0 aliphatic heterocycles. The maximum Gasteiger partial charge on any atom is 0.407 e. The van der Waals surface area contributed by atoms with Crippen LogP contribution in [0.1, 0.15) is 22.6 Å². The van der Waals surface area contributed by atoms with Crippen molar-refractivity contribution in [3.05, 3.63) is 114 Å². The number of pyridine rings is 1. The van der Waals surface area contributed by atoms with Crippen molar-refractivity contribution in [1.82, 2.24) is 10.3 Å². The van der Waals surface area contributed by atoms with Gasteiger partial charge in [0, 0.05) is 24.7 Å². The molecule has 1 aromatic heterocycles. The molecule has 1 aliphatic rings. The second kappa shape index (κ2) is 9.81. The van der Waals surface area contributed by atoms with Crippen LogP contribution >= 0.6 is 0 Å². The van der Waals surface area contributed by atoms with Crippen molar-refractivity contribution < 1.29 is 19.4 Å². The van der Waals surface area contributed by atoms with Crippen LogP contribution in [0.15, 0.2) is 97.3 Å². The van der Waals surface area contributed by atoms with Gasteiger partial charge < -0.3 is 15.2 Å². The highest BCUT2D eigenvalue weighted by Crippen LogP contribution is 2.44. The highest BCUT2D eigenvalue weighted by atomic mass is 16.5. The number of carboxylic acid groups (broad SMARTS) is 1. The molecule has 0 spiro atoms. The van der Waals surface area contributed by atoms with Crippen LogP contribution < -0.4 is 5.32 Å². The number of carbonyl (C=O) groups is 2. The highest BCUT2D eigenvalue weighted by molar-refractivity contribution is 5.81. The van der Waals surface area contributed by atoms with E-state index in [4.69, 9.17) is 4.74 Å². The lowest BCUT2D eigenvalue weighted by molar-refractivity contribution is -0.139. The minimum atomic E-state index is -1.12. The molecular formula is C29H24N2O4. The van der Waals surface area contributed by atoms with Crippen molar-refractivity contribution in [2.24, 2.45) is 0 Å². The quantitative estimate of drug-likeness (QED) is 0.388. The first-order valence-electron chi connectivity index (χ1n) is 11.4. The Kier molecular flexibility index (Phi) is 6.26. The molecule has 1 aliphatic carbocycles. The monoisotopic (exact) mass is 464 g/mol. The second-order valence-electron chi connectivity index (χ2n) is 8.50. The number of alkyl carbamates (subject to hydrolysis) is 1. The molecule has 35 heavy (non-hydrogen) atoms. The molecule has 0 saturated heterocycles. The Morgan fingerprint density at radius 3 is 2.17 bits per heavy atom. The van der Waals surface area contributed by atoms with Gasteiger partial charge in [-0.2, -0.15) is 0 Å². The van der Waals surface area contributed by atoms with E-state index in [1.165, 1.54) is 0 Å². The molecule has 2 N–H and O–H groups in total. The summed E-state index contributed by atoms with van der Waals surface area (Å²) in [5.41, 5.74) is 7.21. The Balaban J connectivity index is 1.26. The standard InChI is InChI=1S/C29H24N2O4/c32-28(33)27(17-19-6-5-7-21(16-19)20-12-14-30-15-13-20)31-29(34)35-18-26-24-10-3-1-8-22(24)23-9-2-4-11-25(23)26/h1-16,26-27H,17-18H2,(H,31,34)(H,32,33)/t27-/m0/s1. The molecular weight excluding hydrogens is 440 g/mol. The summed E-state index contributed by atoms with van der Waals surface area (Å²) in [7, 11) is 0. The first kappa shape index (κ1) is 22.3. The summed E-state index contributed by atoms with van der Waals surface area (Å²) < 4.78 is 5.53. The fourth-order valence-corrected chi connectivity index (χ4v) is 4.64. The Hall–Kier alpha value is -4.45. The minimum Gasteiger partial charge on any atom is -0.480 e. The van der Waals surface area contributed by atoms with Crippen LogP contribution in [0.25, 0.3) is 22.3 Å². The number of hydrogen-bond donors (Lipinski definition) is 2. The summed E-state index contributed by atoms with van der Waals surface area (Å²) in [6.07, 6.45) is 2.81. The predicted octanol–water partition coefficient (Wildman–Crippen LogP) is 5.28. The summed E-state index contributed by atoms with van der Waals surface area (Å²) in [6, 6.07) is 26.4. The number of hydrogen-bond acceptors (Lipinski definition) is 4. The van der Waals surface area contributed by atoms with Crippen LogP contribution in [-0.4, -0.2) is 34.8 Å². The number of rotatable bonds is 7. The van der Waals surface area contributed by atoms with Gasteiger partial charge in [-0.05, 0) is 51.1 Å². The van der Waals surface area contributed by atoms with Gasteiger partial charge in [-0.15, -0.1) is 0 Å². The van der Waals surface area contributed by atoms with Crippen LogP contribution in [-0.2, 0) is 16.0 Å². The Labute approximate surface area is 203 Å². The van der Waals surface area contributed by atoms with E-state index in [9.17, 15) is 14.7 Å². The molecule has 0 radical (unpaired) electrons. The maximum absolute atomic E-state index is 12.6.